The number of benzene rings is 2. The molecule has 2 aromatic carbocycles. The summed E-state index contributed by atoms with van der Waals surface area (Å²) in [5.74, 6) is 0.510. The smallest absolute Gasteiger partial charge is 0.191 e. The Balaban J connectivity index is 1.96. The third kappa shape index (κ3) is 5.87. The van der Waals surface area contributed by atoms with Gasteiger partial charge in [0.05, 0.1) is 6.04 Å². The van der Waals surface area contributed by atoms with E-state index in [0.29, 0.717) is 13.1 Å². The Hall–Kier alpha value is -2.40. The van der Waals surface area contributed by atoms with E-state index in [1.807, 2.05) is 20.2 Å². The van der Waals surface area contributed by atoms with Gasteiger partial charge in [-0.15, -0.1) is 0 Å². The lowest BCUT2D eigenvalue weighted by molar-refractivity contribution is 0.297. The Labute approximate surface area is 149 Å². The van der Waals surface area contributed by atoms with E-state index in [1.165, 1.54) is 17.2 Å². The van der Waals surface area contributed by atoms with Crippen LogP contribution in [-0.4, -0.2) is 38.5 Å². The highest BCUT2D eigenvalue weighted by Gasteiger charge is 2.15. The molecule has 0 radical (unpaired) electrons. The van der Waals surface area contributed by atoms with Gasteiger partial charge in [-0.1, -0.05) is 42.0 Å². The number of aliphatic imine (C=N–C) groups is 1. The average Bonchev–Trinajstić information content (AvgIpc) is 2.57. The van der Waals surface area contributed by atoms with Crippen LogP contribution in [0.4, 0.5) is 4.39 Å². The monoisotopic (exact) mass is 342 g/mol. The maximum absolute atomic E-state index is 13.5. The average molecular weight is 342 g/mol. The van der Waals surface area contributed by atoms with E-state index >= 15 is 0 Å². The molecule has 5 heteroatoms. The first-order valence-corrected chi connectivity index (χ1v) is 8.41. The van der Waals surface area contributed by atoms with Crippen molar-refractivity contribution in [1.82, 2.24) is 15.5 Å². The summed E-state index contributed by atoms with van der Waals surface area (Å²) in [6.07, 6.45) is 0. The minimum absolute atomic E-state index is 0.0493. The largest absolute Gasteiger partial charge is 0.354 e. The van der Waals surface area contributed by atoms with Crippen LogP contribution in [0.2, 0.25) is 0 Å². The van der Waals surface area contributed by atoms with Crippen molar-refractivity contribution in [3.05, 3.63) is 71.0 Å². The molecule has 25 heavy (non-hydrogen) atoms. The van der Waals surface area contributed by atoms with Gasteiger partial charge in [-0.25, -0.2) is 4.39 Å². The van der Waals surface area contributed by atoms with Crippen LogP contribution in [0.1, 0.15) is 22.7 Å². The third-order valence-corrected chi connectivity index (χ3v) is 4.09. The third-order valence-electron chi connectivity index (χ3n) is 4.09. The molecule has 0 aliphatic rings. The van der Waals surface area contributed by atoms with Crippen molar-refractivity contribution in [3.63, 3.8) is 0 Å². The molecule has 0 aliphatic heterocycles. The lowest BCUT2D eigenvalue weighted by Crippen LogP contribution is -2.41. The van der Waals surface area contributed by atoms with Gasteiger partial charge in [0, 0.05) is 20.1 Å². The lowest BCUT2D eigenvalue weighted by atomic mass is 10.1. The van der Waals surface area contributed by atoms with Crippen LogP contribution in [-0.2, 0) is 6.54 Å². The van der Waals surface area contributed by atoms with E-state index in [2.05, 4.69) is 51.7 Å². The molecule has 4 nitrogen and oxygen atoms in total. The predicted octanol–water partition coefficient (Wildman–Crippen LogP) is 3.10. The molecule has 2 rings (SSSR count). The quantitative estimate of drug-likeness (QED) is 0.626. The number of likely N-dealkylation sites (N-methyl/N-ethyl adjacent to an activating group) is 1. The van der Waals surface area contributed by atoms with Gasteiger partial charge in [0.2, 0.25) is 0 Å². The molecular weight excluding hydrogens is 315 g/mol. The molecule has 0 heterocycles. The second kappa shape index (κ2) is 9.18. The highest BCUT2D eigenvalue weighted by molar-refractivity contribution is 5.79. The van der Waals surface area contributed by atoms with Gasteiger partial charge in [0.15, 0.2) is 5.96 Å². The number of nitrogens with zero attached hydrogens (tertiary/aromatic N) is 2. The first-order valence-electron chi connectivity index (χ1n) is 8.41. The number of aryl methyl sites for hydroxylation is 1. The van der Waals surface area contributed by atoms with E-state index in [0.717, 1.165) is 11.5 Å². The van der Waals surface area contributed by atoms with Crippen LogP contribution in [0, 0.1) is 12.7 Å². The zero-order valence-corrected chi connectivity index (χ0v) is 15.4. The van der Waals surface area contributed by atoms with Crippen LogP contribution in [0.15, 0.2) is 53.5 Å². The number of guanidine groups is 1. The van der Waals surface area contributed by atoms with Gasteiger partial charge >= 0.3 is 0 Å². The first kappa shape index (κ1) is 18.9. The van der Waals surface area contributed by atoms with Crippen LogP contribution < -0.4 is 10.6 Å². The van der Waals surface area contributed by atoms with E-state index in [9.17, 15) is 4.39 Å². The van der Waals surface area contributed by atoms with Crippen molar-refractivity contribution in [2.75, 3.05) is 27.7 Å². The van der Waals surface area contributed by atoms with Gasteiger partial charge in [-0.2, -0.15) is 0 Å². The zero-order chi connectivity index (χ0) is 18.2. The van der Waals surface area contributed by atoms with Crippen LogP contribution in [0.3, 0.4) is 0 Å². The van der Waals surface area contributed by atoms with Crippen molar-refractivity contribution >= 4 is 5.96 Å². The number of halogens is 1. The van der Waals surface area contributed by atoms with Gasteiger partial charge in [-0.05, 0) is 44.3 Å². The Bertz CT molecular complexity index is 712. The molecule has 2 N–H and O–H groups in total. The summed E-state index contributed by atoms with van der Waals surface area (Å²) in [6, 6.07) is 15.1. The molecule has 0 saturated heterocycles. The lowest BCUT2D eigenvalue weighted by Gasteiger charge is -2.26. The van der Waals surface area contributed by atoms with Gasteiger partial charge in [0.1, 0.15) is 5.82 Å². The van der Waals surface area contributed by atoms with Crippen LogP contribution in [0.5, 0.6) is 0 Å². The second-order valence-corrected chi connectivity index (χ2v) is 6.33. The summed E-state index contributed by atoms with van der Waals surface area (Å²) in [6.45, 7) is 3.41. The zero-order valence-electron chi connectivity index (χ0n) is 15.4. The Kier molecular flexibility index (Phi) is 6.95. The topological polar surface area (TPSA) is 39.7 Å². The molecule has 0 saturated carbocycles. The summed E-state index contributed by atoms with van der Waals surface area (Å²) < 4.78 is 13.5. The fourth-order valence-electron chi connectivity index (χ4n) is 2.73. The highest BCUT2D eigenvalue weighted by atomic mass is 19.1. The minimum atomic E-state index is -0.216. The fourth-order valence-corrected chi connectivity index (χ4v) is 2.73. The summed E-state index contributed by atoms with van der Waals surface area (Å²) in [7, 11) is 5.72. The van der Waals surface area contributed by atoms with Crippen molar-refractivity contribution < 1.29 is 4.39 Å². The predicted molar refractivity (Wildman–Crippen MR) is 102 cm³/mol. The summed E-state index contributed by atoms with van der Waals surface area (Å²) >= 11 is 0. The molecule has 1 unspecified atom stereocenters. The maximum Gasteiger partial charge on any atom is 0.191 e. The molecule has 2 aromatic rings. The van der Waals surface area contributed by atoms with Crippen molar-refractivity contribution in [2.45, 2.75) is 19.5 Å². The van der Waals surface area contributed by atoms with Crippen LogP contribution in [0.25, 0.3) is 0 Å². The highest BCUT2D eigenvalue weighted by Crippen LogP contribution is 2.18. The number of hydrogen-bond donors (Lipinski definition) is 2. The second-order valence-electron chi connectivity index (χ2n) is 6.33. The van der Waals surface area contributed by atoms with Gasteiger partial charge in [0.25, 0.3) is 0 Å². The van der Waals surface area contributed by atoms with Crippen molar-refractivity contribution in [2.24, 2.45) is 4.99 Å². The fraction of sp³-hybridized carbons (Fsp3) is 0.350. The van der Waals surface area contributed by atoms with Gasteiger partial charge in [-0.3, -0.25) is 4.99 Å². The molecule has 0 spiro atoms. The number of nitrogens with one attached hydrogen (secondary N) is 2. The van der Waals surface area contributed by atoms with E-state index in [4.69, 9.17) is 0 Å². The Morgan fingerprint density at radius 1 is 1.12 bits per heavy atom. The molecule has 134 valence electrons. The van der Waals surface area contributed by atoms with Crippen LogP contribution >= 0.6 is 0 Å². The normalized spacial score (nSPS) is 13.0. The number of hydrogen-bond acceptors (Lipinski definition) is 2. The Morgan fingerprint density at radius 3 is 2.52 bits per heavy atom. The summed E-state index contributed by atoms with van der Waals surface area (Å²) in [5.41, 5.74) is 3.38. The molecular formula is C20H27FN4. The molecule has 0 amide bonds. The van der Waals surface area contributed by atoms with Gasteiger partial charge < -0.3 is 15.5 Å². The maximum atomic E-state index is 13.5. The van der Waals surface area contributed by atoms with E-state index in [1.54, 1.807) is 19.2 Å². The molecule has 0 aromatic heterocycles. The summed E-state index contributed by atoms with van der Waals surface area (Å²) in [5, 5.41) is 6.64. The molecule has 0 fully saturated rings. The van der Waals surface area contributed by atoms with Crippen molar-refractivity contribution in [1.29, 1.82) is 0 Å². The van der Waals surface area contributed by atoms with Crippen molar-refractivity contribution in [3.8, 4) is 0 Å². The molecule has 0 aliphatic carbocycles. The minimum Gasteiger partial charge on any atom is -0.354 e. The summed E-state index contributed by atoms with van der Waals surface area (Å²) in [4.78, 5) is 6.33. The number of rotatable bonds is 6. The molecule has 1 atom stereocenters. The Morgan fingerprint density at radius 2 is 1.88 bits per heavy atom. The first-order chi connectivity index (χ1) is 12.0. The SMILES string of the molecule is CN=C(NCc1cccc(C)c1)NCC(c1cccc(F)c1)N(C)C. The molecule has 0 bridgehead atoms. The van der Waals surface area contributed by atoms with E-state index in [-0.39, 0.29) is 11.9 Å². The standard InChI is InChI=1S/C20H27FN4/c1-15-7-5-8-16(11-15)13-23-20(22-2)24-14-19(25(3)4)17-9-6-10-18(21)12-17/h5-12,19H,13-14H2,1-4H3,(H2,22,23,24). The van der Waals surface area contributed by atoms with E-state index < -0.39 is 0 Å².